The standard InChI is InChI=1S/C17H31N3O3S/c1-5-14(2)7-6-8-19-9-10-20(17(21)11-18(3)4)16-13-24(22,23)12-15(16)19/h7,15-16H,5-6,8-13H2,1-4H3/t15-,16+/m0/s1. The molecule has 2 aliphatic rings. The Morgan fingerprint density at radius 1 is 1.21 bits per heavy atom. The molecular formula is C17H31N3O3S. The van der Waals surface area contributed by atoms with E-state index in [0.29, 0.717) is 13.1 Å². The van der Waals surface area contributed by atoms with Crippen LogP contribution in [-0.2, 0) is 14.6 Å². The van der Waals surface area contributed by atoms with E-state index in [4.69, 9.17) is 0 Å². The summed E-state index contributed by atoms with van der Waals surface area (Å²) in [7, 11) is 0.654. The van der Waals surface area contributed by atoms with E-state index in [2.05, 4.69) is 24.8 Å². The number of sulfone groups is 1. The van der Waals surface area contributed by atoms with Crippen molar-refractivity contribution in [2.75, 3.05) is 51.8 Å². The van der Waals surface area contributed by atoms with E-state index in [0.717, 1.165) is 25.9 Å². The van der Waals surface area contributed by atoms with E-state index in [1.165, 1.54) is 5.57 Å². The van der Waals surface area contributed by atoms with Crippen molar-refractivity contribution >= 4 is 15.7 Å². The second kappa shape index (κ2) is 7.97. The van der Waals surface area contributed by atoms with Gasteiger partial charge in [0, 0.05) is 25.7 Å². The third kappa shape index (κ3) is 4.80. The highest BCUT2D eigenvalue weighted by atomic mass is 32.2. The number of hydrogen-bond acceptors (Lipinski definition) is 5. The van der Waals surface area contributed by atoms with Crippen LogP contribution in [0.15, 0.2) is 11.6 Å². The number of allylic oxidation sites excluding steroid dienone is 1. The molecule has 0 radical (unpaired) electrons. The highest BCUT2D eigenvalue weighted by Gasteiger charge is 2.47. The molecule has 2 aliphatic heterocycles. The third-order valence-corrected chi connectivity index (χ3v) is 6.73. The lowest BCUT2D eigenvalue weighted by molar-refractivity contribution is -0.137. The Balaban J connectivity index is 2.08. The van der Waals surface area contributed by atoms with Crippen molar-refractivity contribution < 1.29 is 13.2 Å². The normalized spacial score (nSPS) is 27.5. The smallest absolute Gasteiger partial charge is 0.237 e. The molecule has 138 valence electrons. The van der Waals surface area contributed by atoms with Crippen molar-refractivity contribution in [1.29, 1.82) is 0 Å². The van der Waals surface area contributed by atoms with Gasteiger partial charge in [-0.2, -0.15) is 0 Å². The summed E-state index contributed by atoms with van der Waals surface area (Å²) in [5.41, 5.74) is 1.37. The molecule has 0 aliphatic carbocycles. The van der Waals surface area contributed by atoms with Gasteiger partial charge in [0.1, 0.15) is 0 Å². The zero-order valence-corrected chi connectivity index (χ0v) is 16.2. The van der Waals surface area contributed by atoms with Crippen LogP contribution in [-0.4, -0.2) is 92.9 Å². The lowest BCUT2D eigenvalue weighted by Crippen LogP contribution is -2.61. The molecule has 1 amide bonds. The highest BCUT2D eigenvalue weighted by Crippen LogP contribution is 2.27. The highest BCUT2D eigenvalue weighted by molar-refractivity contribution is 7.91. The predicted molar refractivity (Wildman–Crippen MR) is 96.7 cm³/mol. The van der Waals surface area contributed by atoms with Crippen LogP contribution < -0.4 is 0 Å². The van der Waals surface area contributed by atoms with Crippen molar-refractivity contribution in [1.82, 2.24) is 14.7 Å². The third-order valence-electron chi connectivity index (χ3n) is 5.03. The van der Waals surface area contributed by atoms with Crippen LogP contribution in [0.3, 0.4) is 0 Å². The van der Waals surface area contributed by atoms with Crippen molar-refractivity contribution in [3.05, 3.63) is 11.6 Å². The fourth-order valence-electron chi connectivity index (χ4n) is 3.59. The van der Waals surface area contributed by atoms with E-state index in [9.17, 15) is 13.2 Å². The molecule has 0 aromatic rings. The zero-order chi connectivity index (χ0) is 17.9. The lowest BCUT2D eigenvalue weighted by atomic mass is 10.0. The first-order chi connectivity index (χ1) is 11.2. The van der Waals surface area contributed by atoms with Gasteiger partial charge < -0.3 is 9.80 Å². The van der Waals surface area contributed by atoms with Gasteiger partial charge in [0.05, 0.1) is 24.1 Å². The molecule has 24 heavy (non-hydrogen) atoms. The maximum absolute atomic E-state index is 12.5. The second-order valence-corrected chi connectivity index (χ2v) is 9.42. The van der Waals surface area contributed by atoms with Gasteiger partial charge in [-0.05, 0) is 33.9 Å². The minimum Gasteiger partial charge on any atom is -0.335 e. The summed E-state index contributed by atoms with van der Waals surface area (Å²) in [6, 6.07) is -0.238. The van der Waals surface area contributed by atoms with Crippen LogP contribution in [0.2, 0.25) is 0 Å². The van der Waals surface area contributed by atoms with E-state index in [1.807, 2.05) is 19.0 Å². The Morgan fingerprint density at radius 2 is 1.88 bits per heavy atom. The molecule has 6 nitrogen and oxygen atoms in total. The Kier molecular flexibility index (Phi) is 6.45. The molecule has 2 atom stereocenters. The molecule has 0 N–H and O–H groups in total. The van der Waals surface area contributed by atoms with Gasteiger partial charge in [-0.3, -0.25) is 9.69 Å². The summed E-state index contributed by atoms with van der Waals surface area (Å²) in [6.07, 6.45) is 4.23. The molecule has 0 unspecified atom stereocenters. The fourth-order valence-corrected chi connectivity index (χ4v) is 5.61. The number of likely N-dealkylation sites (N-methyl/N-ethyl adjacent to an activating group) is 1. The van der Waals surface area contributed by atoms with Crippen LogP contribution in [0.1, 0.15) is 26.7 Å². The fraction of sp³-hybridized carbons (Fsp3) is 0.824. The molecule has 7 heteroatoms. The molecule has 0 spiro atoms. The van der Waals surface area contributed by atoms with E-state index in [-0.39, 0.29) is 29.5 Å². The summed E-state index contributed by atoms with van der Waals surface area (Å²) in [4.78, 5) is 18.4. The topological polar surface area (TPSA) is 60.9 Å². The van der Waals surface area contributed by atoms with Gasteiger partial charge in [0.25, 0.3) is 0 Å². The van der Waals surface area contributed by atoms with Crippen LogP contribution in [0.5, 0.6) is 0 Å². The number of hydrogen-bond donors (Lipinski definition) is 0. The maximum Gasteiger partial charge on any atom is 0.237 e. The van der Waals surface area contributed by atoms with E-state index >= 15 is 0 Å². The Hall–Kier alpha value is -0.920. The molecular weight excluding hydrogens is 326 g/mol. The maximum atomic E-state index is 12.5. The van der Waals surface area contributed by atoms with Gasteiger partial charge in [0.15, 0.2) is 9.84 Å². The SMILES string of the molecule is CCC(C)=CCCN1CCN(C(=O)CN(C)C)[C@@H]2CS(=O)(=O)C[C@@H]21. The van der Waals surface area contributed by atoms with E-state index < -0.39 is 9.84 Å². The quantitative estimate of drug-likeness (QED) is 0.652. The van der Waals surface area contributed by atoms with Gasteiger partial charge in [0.2, 0.25) is 5.91 Å². The van der Waals surface area contributed by atoms with Crippen molar-refractivity contribution in [2.24, 2.45) is 0 Å². The predicted octanol–water partition coefficient (Wildman–Crippen LogP) is 0.604. The van der Waals surface area contributed by atoms with Gasteiger partial charge in [-0.1, -0.05) is 18.6 Å². The Morgan fingerprint density at radius 3 is 2.50 bits per heavy atom. The van der Waals surface area contributed by atoms with Crippen LogP contribution in [0, 0.1) is 0 Å². The summed E-state index contributed by atoms with van der Waals surface area (Å²) >= 11 is 0. The monoisotopic (exact) mass is 357 g/mol. The Bertz CT molecular complexity index is 586. The molecule has 2 saturated heterocycles. The molecule has 0 bridgehead atoms. The van der Waals surface area contributed by atoms with Crippen LogP contribution in [0.4, 0.5) is 0 Å². The van der Waals surface area contributed by atoms with Gasteiger partial charge in [-0.15, -0.1) is 0 Å². The average molecular weight is 358 g/mol. The number of piperazine rings is 1. The number of carbonyl (C=O) groups excluding carboxylic acids is 1. The van der Waals surface area contributed by atoms with Gasteiger partial charge >= 0.3 is 0 Å². The minimum atomic E-state index is -3.07. The van der Waals surface area contributed by atoms with E-state index in [1.54, 1.807) is 4.90 Å². The lowest BCUT2D eigenvalue weighted by Gasteiger charge is -2.44. The molecule has 2 fully saturated rings. The molecule has 2 heterocycles. The number of amides is 1. The second-order valence-electron chi connectivity index (χ2n) is 7.27. The zero-order valence-electron chi connectivity index (χ0n) is 15.4. The first kappa shape index (κ1) is 19.4. The average Bonchev–Trinajstić information content (AvgIpc) is 2.81. The molecule has 0 saturated carbocycles. The number of fused-ring (bicyclic) bond motifs is 1. The number of carbonyl (C=O) groups is 1. The molecule has 0 aromatic heterocycles. The molecule has 0 aromatic carbocycles. The van der Waals surface area contributed by atoms with Gasteiger partial charge in [-0.25, -0.2) is 8.42 Å². The largest absolute Gasteiger partial charge is 0.335 e. The summed E-state index contributed by atoms with van der Waals surface area (Å²) in [5.74, 6) is 0.324. The first-order valence-corrected chi connectivity index (χ1v) is 10.6. The summed E-state index contributed by atoms with van der Waals surface area (Å²) in [6.45, 7) is 6.85. The summed E-state index contributed by atoms with van der Waals surface area (Å²) < 4.78 is 24.3. The summed E-state index contributed by atoms with van der Waals surface area (Å²) in [5, 5.41) is 0. The van der Waals surface area contributed by atoms with Crippen molar-refractivity contribution in [3.63, 3.8) is 0 Å². The molecule has 2 rings (SSSR count). The number of nitrogens with zero attached hydrogens (tertiary/aromatic N) is 3. The number of rotatable bonds is 6. The van der Waals surface area contributed by atoms with Crippen LogP contribution >= 0.6 is 0 Å². The first-order valence-electron chi connectivity index (χ1n) is 8.78. The Labute approximate surface area is 146 Å². The van der Waals surface area contributed by atoms with Crippen molar-refractivity contribution in [3.8, 4) is 0 Å². The van der Waals surface area contributed by atoms with Crippen molar-refractivity contribution in [2.45, 2.75) is 38.8 Å². The minimum absolute atomic E-state index is 0.0356. The van der Waals surface area contributed by atoms with Crippen LogP contribution in [0.25, 0.3) is 0 Å².